The third-order valence-corrected chi connectivity index (χ3v) is 5.93. The Hall–Kier alpha value is -2.14. The molecule has 29 heavy (non-hydrogen) atoms. The number of carbonyl (C=O) groups excluding carboxylic acids is 1. The summed E-state index contributed by atoms with van der Waals surface area (Å²) in [6, 6.07) is 10.5. The quantitative estimate of drug-likeness (QED) is 0.676. The second-order valence-electron chi connectivity index (χ2n) is 9.01. The van der Waals surface area contributed by atoms with Gasteiger partial charge in [0.2, 0.25) is 5.28 Å². The summed E-state index contributed by atoms with van der Waals surface area (Å²) < 4.78 is 0. The van der Waals surface area contributed by atoms with Crippen LogP contribution in [0.1, 0.15) is 62.2 Å². The van der Waals surface area contributed by atoms with E-state index in [9.17, 15) is 4.79 Å². The normalized spacial score (nSPS) is 15.1. The minimum absolute atomic E-state index is 0.0595. The lowest BCUT2D eigenvalue weighted by Crippen LogP contribution is -2.38. The largest absolute Gasteiger partial charge is 0.367 e. The van der Waals surface area contributed by atoms with Crippen molar-refractivity contribution in [3.8, 4) is 0 Å². The van der Waals surface area contributed by atoms with Gasteiger partial charge in [0.25, 0.3) is 5.91 Å². The molecule has 0 radical (unpaired) electrons. The van der Waals surface area contributed by atoms with Crippen LogP contribution in [0.3, 0.4) is 0 Å². The molecule has 0 aliphatic heterocycles. The number of hydrogen-bond acceptors (Lipinski definition) is 4. The monoisotopic (exact) mass is 414 g/mol. The number of aromatic nitrogens is 2. The van der Waals surface area contributed by atoms with Crippen LogP contribution in [0.2, 0.25) is 5.28 Å². The highest BCUT2D eigenvalue weighted by Gasteiger charge is 2.29. The number of fused-ring (bicyclic) bond motifs is 1. The molecule has 0 fully saturated rings. The number of rotatable bonds is 6. The van der Waals surface area contributed by atoms with Crippen molar-refractivity contribution in [3.05, 3.63) is 52.4 Å². The zero-order chi connectivity index (χ0) is 21.2. The fraction of sp³-hybridized carbons (Fsp3) is 0.522. The minimum Gasteiger partial charge on any atom is -0.367 e. The van der Waals surface area contributed by atoms with Gasteiger partial charge in [-0.3, -0.25) is 4.79 Å². The van der Waals surface area contributed by atoms with Crippen molar-refractivity contribution in [2.24, 2.45) is 5.41 Å². The summed E-state index contributed by atoms with van der Waals surface area (Å²) in [6.07, 6.45) is 3.80. The highest BCUT2D eigenvalue weighted by Crippen LogP contribution is 2.28. The molecule has 1 aliphatic rings. The van der Waals surface area contributed by atoms with E-state index in [1.54, 1.807) is 11.0 Å². The smallest absolute Gasteiger partial charge is 0.272 e. The van der Waals surface area contributed by atoms with Crippen molar-refractivity contribution in [2.75, 3.05) is 12.4 Å². The molecular formula is C23H31ClN4O. The van der Waals surface area contributed by atoms with Gasteiger partial charge in [-0.15, -0.1) is 0 Å². The fourth-order valence-corrected chi connectivity index (χ4v) is 4.13. The Labute approximate surface area is 178 Å². The van der Waals surface area contributed by atoms with Crippen LogP contribution < -0.4 is 5.32 Å². The average molecular weight is 415 g/mol. The first-order chi connectivity index (χ1) is 13.7. The van der Waals surface area contributed by atoms with Gasteiger partial charge in [-0.1, -0.05) is 58.4 Å². The predicted octanol–water partition coefficient (Wildman–Crippen LogP) is 5.00. The van der Waals surface area contributed by atoms with Crippen molar-refractivity contribution < 1.29 is 4.79 Å². The first kappa shape index (κ1) is 21.6. The highest BCUT2D eigenvalue weighted by molar-refractivity contribution is 6.28. The average Bonchev–Trinajstić information content (AvgIpc) is 3.09. The third kappa shape index (κ3) is 5.08. The molecule has 5 nitrogen and oxygen atoms in total. The maximum absolute atomic E-state index is 13.1. The molecule has 0 saturated carbocycles. The molecule has 1 N–H and O–H groups in total. The number of nitrogens with zero attached hydrogens (tertiary/aromatic N) is 3. The van der Waals surface area contributed by atoms with Crippen molar-refractivity contribution in [1.29, 1.82) is 0 Å². The van der Waals surface area contributed by atoms with Crippen LogP contribution in [0.25, 0.3) is 0 Å². The van der Waals surface area contributed by atoms with Gasteiger partial charge < -0.3 is 10.2 Å². The predicted molar refractivity (Wildman–Crippen MR) is 119 cm³/mol. The Balaban J connectivity index is 1.77. The molecule has 0 saturated heterocycles. The second-order valence-corrected chi connectivity index (χ2v) is 9.34. The number of likely N-dealkylation sites (N-methyl/N-ethyl adjacent to an activating group) is 1. The van der Waals surface area contributed by atoms with Gasteiger partial charge in [-0.2, -0.15) is 0 Å². The van der Waals surface area contributed by atoms with E-state index in [1.165, 1.54) is 11.1 Å². The summed E-state index contributed by atoms with van der Waals surface area (Å²) in [4.78, 5) is 23.5. The summed E-state index contributed by atoms with van der Waals surface area (Å²) in [6.45, 7) is 8.75. The molecule has 1 aromatic carbocycles. The fourth-order valence-electron chi connectivity index (χ4n) is 3.95. The van der Waals surface area contributed by atoms with Gasteiger partial charge >= 0.3 is 0 Å². The Morgan fingerprint density at radius 1 is 1.24 bits per heavy atom. The summed E-state index contributed by atoms with van der Waals surface area (Å²) in [5.41, 5.74) is 3.01. The van der Waals surface area contributed by atoms with Crippen LogP contribution in [-0.2, 0) is 12.8 Å². The van der Waals surface area contributed by atoms with Gasteiger partial charge in [0.1, 0.15) is 11.5 Å². The van der Waals surface area contributed by atoms with E-state index in [2.05, 4.69) is 55.1 Å². The van der Waals surface area contributed by atoms with Gasteiger partial charge in [0, 0.05) is 25.2 Å². The molecule has 1 atom stereocenters. The van der Waals surface area contributed by atoms with Crippen molar-refractivity contribution in [3.63, 3.8) is 0 Å². The summed E-state index contributed by atoms with van der Waals surface area (Å²) in [5.74, 6) is 0.475. The standard InChI is InChI=1S/C23H31ClN4O/c1-6-9-19(23(2,3)4)26-20-14-18(25-22(24)27-20)21(29)28(5)17-12-15-10-7-8-11-16(15)13-17/h7-8,10-11,14,17,19H,6,9,12-13H2,1-5H3,(H,25,26,27). The molecular weight excluding hydrogens is 384 g/mol. The van der Waals surface area contributed by atoms with E-state index >= 15 is 0 Å². The van der Waals surface area contributed by atoms with Gasteiger partial charge in [-0.05, 0) is 47.4 Å². The molecule has 0 spiro atoms. The van der Waals surface area contributed by atoms with E-state index in [0.717, 1.165) is 25.7 Å². The molecule has 1 aliphatic carbocycles. The van der Waals surface area contributed by atoms with E-state index in [0.29, 0.717) is 11.5 Å². The van der Waals surface area contributed by atoms with Crippen LogP contribution in [-0.4, -0.2) is 39.9 Å². The molecule has 1 aromatic heterocycles. The Bertz CT molecular complexity index is 852. The van der Waals surface area contributed by atoms with Gasteiger partial charge in [0.05, 0.1) is 0 Å². The number of nitrogens with one attached hydrogen (secondary N) is 1. The Morgan fingerprint density at radius 2 is 1.86 bits per heavy atom. The zero-order valence-electron chi connectivity index (χ0n) is 18.0. The van der Waals surface area contributed by atoms with Crippen LogP contribution >= 0.6 is 11.6 Å². The number of carbonyl (C=O) groups is 1. The summed E-state index contributed by atoms with van der Waals surface area (Å²) in [7, 11) is 1.84. The lowest BCUT2D eigenvalue weighted by atomic mass is 9.84. The third-order valence-electron chi connectivity index (χ3n) is 5.76. The van der Waals surface area contributed by atoms with Gasteiger partial charge in [-0.25, -0.2) is 9.97 Å². The minimum atomic E-state index is -0.127. The summed E-state index contributed by atoms with van der Waals surface area (Å²) in [5, 5.41) is 3.56. The first-order valence-corrected chi connectivity index (χ1v) is 10.7. The number of halogens is 1. The molecule has 0 bridgehead atoms. The molecule has 1 amide bonds. The maximum atomic E-state index is 13.1. The van der Waals surface area contributed by atoms with Gasteiger partial charge in [0.15, 0.2) is 0 Å². The van der Waals surface area contributed by atoms with Crippen molar-refractivity contribution >= 4 is 23.3 Å². The topological polar surface area (TPSA) is 58.1 Å². The number of hydrogen-bond donors (Lipinski definition) is 1. The number of benzene rings is 1. The molecule has 6 heteroatoms. The lowest BCUT2D eigenvalue weighted by molar-refractivity contribution is 0.0731. The highest BCUT2D eigenvalue weighted by atomic mass is 35.5. The van der Waals surface area contributed by atoms with Crippen molar-refractivity contribution in [1.82, 2.24) is 14.9 Å². The van der Waals surface area contributed by atoms with Crippen molar-refractivity contribution in [2.45, 2.75) is 65.5 Å². The summed E-state index contributed by atoms with van der Waals surface area (Å²) >= 11 is 6.17. The number of amides is 1. The van der Waals surface area contributed by atoms with Crippen LogP contribution in [0.5, 0.6) is 0 Å². The second kappa shape index (κ2) is 8.70. The molecule has 1 unspecified atom stereocenters. The first-order valence-electron chi connectivity index (χ1n) is 10.3. The van der Waals surface area contributed by atoms with Crippen LogP contribution in [0, 0.1) is 5.41 Å². The molecule has 1 heterocycles. The SMILES string of the molecule is CCCC(Nc1cc(C(=O)N(C)C2Cc3ccccc3C2)nc(Cl)n1)C(C)(C)C. The maximum Gasteiger partial charge on any atom is 0.272 e. The van der Waals surface area contributed by atoms with E-state index in [-0.39, 0.29) is 28.7 Å². The van der Waals surface area contributed by atoms with Crippen LogP contribution in [0.15, 0.2) is 30.3 Å². The lowest BCUT2D eigenvalue weighted by Gasteiger charge is -2.32. The zero-order valence-corrected chi connectivity index (χ0v) is 18.8. The van der Waals surface area contributed by atoms with Crippen LogP contribution in [0.4, 0.5) is 5.82 Å². The Kier molecular flexibility index (Phi) is 6.47. The molecule has 156 valence electrons. The Morgan fingerprint density at radius 3 is 2.41 bits per heavy atom. The van der Waals surface area contributed by atoms with E-state index in [4.69, 9.17) is 11.6 Å². The molecule has 2 aromatic rings. The number of anilines is 1. The van der Waals surface area contributed by atoms with E-state index < -0.39 is 0 Å². The molecule has 3 rings (SSSR count). The van der Waals surface area contributed by atoms with E-state index in [1.807, 2.05) is 19.2 Å².